The third-order valence-corrected chi connectivity index (χ3v) is 6.75. The first-order chi connectivity index (χ1) is 19.2. The number of fused-ring (bicyclic) bond motifs is 4. The first kappa shape index (κ1) is 23.0. The summed E-state index contributed by atoms with van der Waals surface area (Å²) in [7, 11) is 0. The number of para-hydroxylation sites is 2. The smallest absolute Gasteiger partial charge is 0.179 e. The number of ether oxygens (including phenoxy) is 1. The van der Waals surface area contributed by atoms with Crippen molar-refractivity contribution in [3.63, 3.8) is 0 Å². The van der Waals surface area contributed by atoms with Crippen LogP contribution in [0, 0.1) is 6.92 Å². The van der Waals surface area contributed by atoms with E-state index in [2.05, 4.69) is 21.3 Å². The molecule has 7 rings (SSSR count). The van der Waals surface area contributed by atoms with Crippen molar-refractivity contribution in [1.82, 2.24) is 14.8 Å². The molecule has 0 saturated heterocycles. The summed E-state index contributed by atoms with van der Waals surface area (Å²) in [6, 6.07) is 25.2. The highest BCUT2D eigenvalue weighted by molar-refractivity contribution is 6.51. The molecule has 1 N–H and O–H groups in total. The summed E-state index contributed by atoms with van der Waals surface area (Å²) in [4.78, 5) is 16.9. The molecule has 2 aliphatic rings. The van der Waals surface area contributed by atoms with E-state index < -0.39 is 0 Å². The van der Waals surface area contributed by atoms with Crippen LogP contribution in [0.25, 0.3) is 5.82 Å². The quantitative estimate of drug-likeness (QED) is 0.293. The predicted molar refractivity (Wildman–Crippen MR) is 151 cm³/mol. The van der Waals surface area contributed by atoms with Crippen LogP contribution >= 0.6 is 0 Å². The number of aromatic nitrogens is 3. The fourth-order valence-corrected chi connectivity index (χ4v) is 5.09. The van der Waals surface area contributed by atoms with Crippen molar-refractivity contribution < 1.29 is 9.15 Å². The highest BCUT2D eigenvalue weighted by Crippen LogP contribution is 2.48. The number of nitrogens with zero attached hydrogens (tertiary/aromatic N) is 6. The molecule has 0 fully saturated rings. The molecule has 1 atom stereocenters. The number of pyridine rings is 1. The molecule has 0 amide bonds. The van der Waals surface area contributed by atoms with Gasteiger partial charge in [-0.05, 0) is 74.5 Å². The van der Waals surface area contributed by atoms with Crippen molar-refractivity contribution in [2.24, 2.45) is 9.98 Å². The number of nitrogens with one attached hydrogen (secondary N) is 1. The SMILES string of the molecule is CCOc1ccc(NC2=Nc3ccccc3N3C2=Nc2c(c(C)nn2-c2ccccn2)C3c2ccco2)cc1. The van der Waals surface area contributed by atoms with Crippen LogP contribution in [-0.4, -0.2) is 33.0 Å². The van der Waals surface area contributed by atoms with Gasteiger partial charge in [-0.3, -0.25) is 0 Å². The average molecular weight is 516 g/mol. The Hall–Kier alpha value is -5.18. The van der Waals surface area contributed by atoms with Crippen LogP contribution < -0.4 is 15.0 Å². The largest absolute Gasteiger partial charge is 0.494 e. The van der Waals surface area contributed by atoms with Gasteiger partial charge in [-0.1, -0.05) is 18.2 Å². The predicted octanol–water partition coefficient (Wildman–Crippen LogP) is 6.36. The molecule has 9 heteroatoms. The van der Waals surface area contributed by atoms with Gasteiger partial charge in [-0.15, -0.1) is 0 Å². The van der Waals surface area contributed by atoms with E-state index in [0.29, 0.717) is 29.9 Å². The molecule has 0 radical (unpaired) electrons. The topological polar surface area (TPSA) is 93.1 Å². The van der Waals surface area contributed by atoms with Crippen molar-refractivity contribution in [1.29, 1.82) is 0 Å². The van der Waals surface area contributed by atoms with E-state index >= 15 is 0 Å². The van der Waals surface area contributed by atoms with Crippen LogP contribution in [0.4, 0.5) is 22.9 Å². The van der Waals surface area contributed by atoms with Gasteiger partial charge in [0, 0.05) is 11.9 Å². The summed E-state index contributed by atoms with van der Waals surface area (Å²) in [5, 5.41) is 8.38. The fraction of sp³-hybridized carbons (Fsp3) is 0.133. The monoisotopic (exact) mass is 515 g/mol. The lowest BCUT2D eigenvalue weighted by Gasteiger charge is -2.39. The van der Waals surface area contributed by atoms with Crippen molar-refractivity contribution in [2.45, 2.75) is 19.9 Å². The zero-order valence-electron chi connectivity index (χ0n) is 21.4. The van der Waals surface area contributed by atoms with Gasteiger partial charge in [-0.25, -0.2) is 15.0 Å². The molecule has 2 aromatic carbocycles. The van der Waals surface area contributed by atoms with E-state index in [1.54, 1.807) is 17.1 Å². The Balaban J connectivity index is 1.43. The molecule has 0 saturated carbocycles. The molecule has 5 heterocycles. The lowest BCUT2D eigenvalue weighted by atomic mass is 9.98. The normalized spacial score (nSPS) is 15.5. The molecule has 2 aliphatic heterocycles. The number of furan rings is 1. The third-order valence-electron chi connectivity index (χ3n) is 6.75. The van der Waals surface area contributed by atoms with Crippen LogP contribution in [0.3, 0.4) is 0 Å². The number of benzene rings is 2. The number of rotatable bonds is 5. The van der Waals surface area contributed by atoms with E-state index in [1.807, 2.05) is 86.6 Å². The molecule has 192 valence electrons. The molecular formula is C30H25N7O2. The second-order valence-electron chi connectivity index (χ2n) is 9.18. The third kappa shape index (κ3) is 3.86. The maximum absolute atomic E-state index is 6.03. The number of amidine groups is 2. The summed E-state index contributed by atoms with van der Waals surface area (Å²) >= 11 is 0. The summed E-state index contributed by atoms with van der Waals surface area (Å²) in [6.45, 7) is 4.58. The van der Waals surface area contributed by atoms with E-state index in [4.69, 9.17) is 24.2 Å². The minimum Gasteiger partial charge on any atom is -0.494 e. The minimum atomic E-state index is -0.311. The van der Waals surface area contributed by atoms with Crippen LogP contribution in [0.15, 0.2) is 106 Å². The molecular weight excluding hydrogens is 490 g/mol. The number of aliphatic imine (C=N–C) groups is 2. The van der Waals surface area contributed by atoms with Gasteiger partial charge in [0.25, 0.3) is 0 Å². The van der Waals surface area contributed by atoms with Crippen molar-refractivity contribution in [2.75, 3.05) is 16.8 Å². The van der Waals surface area contributed by atoms with Gasteiger partial charge in [0.05, 0.1) is 35.5 Å². The first-order valence-electron chi connectivity index (χ1n) is 12.8. The Labute approximate surface area is 225 Å². The Morgan fingerprint density at radius 3 is 2.56 bits per heavy atom. The van der Waals surface area contributed by atoms with Crippen LogP contribution in [0.2, 0.25) is 0 Å². The van der Waals surface area contributed by atoms with Crippen molar-refractivity contribution >= 4 is 34.6 Å². The number of anilines is 2. The Morgan fingerprint density at radius 2 is 1.79 bits per heavy atom. The molecule has 5 aromatic rings. The number of hydrogen-bond donors (Lipinski definition) is 1. The lowest BCUT2D eigenvalue weighted by molar-refractivity contribution is 0.340. The van der Waals surface area contributed by atoms with E-state index in [-0.39, 0.29) is 6.04 Å². The van der Waals surface area contributed by atoms with Crippen molar-refractivity contribution in [3.8, 4) is 11.6 Å². The molecule has 0 bridgehead atoms. The van der Waals surface area contributed by atoms with Crippen LogP contribution in [0.1, 0.15) is 30.0 Å². The highest BCUT2D eigenvalue weighted by Gasteiger charge is 2.42. The average Bonchev–Trinajstić information content (AvgIpc) is 3.62. The summed E-state index contributed by atoms with van der Waals surface area (Å²) < 4.78 is 13.4. The number of aryl methyl sites for hydroxylation is 1. The molecule has 3 aromatic heterocycles. The summed E-state index contributed by atoms with van der Waals surface area (Å²) in [6.07, 6.45) is 3.45. The Kier molecular flexibility index (Phi) is 5.47. The zero-order chi connectivity index (χ0) is 26.3. The van der Waals surface area contributed by atoms with Gasteiger partial charge in [0.1, 0.15) is 17.6 Å². The zero-order valence-corrected chi connectivity index (χ0v) is 21.4. The van der Waals surface area contributed by atoms with Gasteiger partial charge in [-0.2, -0.15) is 9.78 Å². The molecule has 9 nitrogen and oxygen atoms in total. The second-order valence-corrected chi connectivity index (χ2v) is 9.18. The molecule has 39 heavy (non-hydrogen) atoms. The van der Waals surface area contributed by atoms with Crippen molar-refractivity contribution in [3.05, 3.63) is 108 Å². The van der Waals surface area contributed by atoms with Crippen LogP contribution in [0.5, 0.6) is 5.75 Å². The fourth-order valence-electron chi connectivity index (χ4n) is 5.09. The van der Waals surface area contributed by atoms with Gasteiger partial charge >= 0.3 is 0 Å². The first-order valence-corrected chi connectivity index (χ1v) is 12.8. The van der Waals surface area contributed by atoms with E-state index in [9.17, 15) is 0 Å². The maximum atomic E-state index is 6.03. The van der Waals surface area contributed by atoms with Gasteiger partial charge < -0.3 is 19.4 Å². The Morgan fingerprint density at radius 1 is 0.949 bits per heavy atom. The van der Waals surface area contributed by atoms with E-state index in [1.165, 1.54) is 0 Å². The van der Waals surface area contributed by atoms with Crippen LogP contribution in [-0.2, 0) is 0 Å². The Bertz CT molecular complexity index is 1700. The molecule has 0 spiro atoms. The maximum Gasteiger partial charge on any atom is 0.179 e. The molecule has 0 aliphatic carbocycles. The van der Waals surface area contributed by atoms with Gasteiger partial charge in [0.2, 0.25) is 0 Å². The number of hydrogen-bond acceptors (Lipinski definition) is 8. The lowest BCUT2D eigenvalue weighted by Crippen LogP contribution is -2.46. The summed E-state index contributed by atoms with van der Waals surface area (Å²) in [5.41, 5.74) is 4.44. The highest BCUT2D eigenvalue weighted by atomic mass is 16.5. The van der Waals surface area contributed by atoms with E-state index in [0.717, 1.165) is 39.8 Å². The molecule has 1 unspecified atom stereocenters. The van der Waals surface area contributed by atoms with Gasteiger partial charge in [0.15, 0.2) is 23.3 Å². The minimum absolute atomic E-state index is 0.311. The standard InChI is InChI=1S/C30H25N7O2/c1-3-38-21-15-13-20(14-16-21)32-28-30-34-29-26(19(2)35-37(29)25-12-6-7-17-31-25)27(24-11-8-18-39-24)36(30)23-10-5-4-9-22(23)33-28/h4-18,27H,3H2,1-2H3,(H,32,33). The summed E-state index contributed by atoms with van der Waals surface area (Å²) in [5.74, 6) is 4.25. The second kappa shape index (κ2) is 9.29.